The van der Waals surface area contributed by atoms with Gasteiger partial charge in [-0.05, 0) is 32.0 Å². The lowest BCUT2D eigenvalue weighted by atomic mass is 10.2. The van der Waals surface area contributed by atoms with E-state index in [4.69, 9.17) is 0 Å². The Kier molecular flexibility index (Phi) is 4.19. The monoisotopic (exact) mass is 176 g/mol. The van der Waals surface area contributed by atoms with Crippen LogP contribution >= 0.6 is 0 Å². The van der Waals surface area contributed by atoms with Crippen molar-refractivity contribution in [1.82, 2.24) is 10.3 Å². The van der Waals surface area contributed by atoms with Gasteiger partial charge in [0.1, 0.15) is 0 Å². The first-order chi connectivity index (χ1) is 6.34. The van der Waals surface area contributed by atoms with Gasteiger partial charge in [0.2, 0.25) is 0 Å². The fourth-order valence-electron chi connectivity index (χ4n) is 1.14. The molecule has 1 aromatic rings. The van der Waals surface area contributed by atoms with E-state index >= 15 is 0 Å². The van der Waals surface area contributed by atoms with E-state index in [-0.39, 0.29) is 0 Å². The van der Waals surface area contributed by atoms with Crippen molar-refractivity contribution in [2.45, 2.75) is 19.4 Å². The molecule has 0 spiro atoms. The molecule has 0 unspecified atom stereocenters. The second-order valence-electron chi connectivity index (χ2n) is 3.01. The zero-order valence-electron chi connectivity index (χ0n) is 8.03. The quantitative estimate of drug-likeness (QED) is 0.550. The molecular weight excluding hydrogens is 160 g/mol. The van der Waals surface area contributed by atoms with Crippen LogP contribution in [0, 0.1) is 0 Å². The number of rotatable bonds is 5. The summed E-state index contributed by atoms with van der Waals surface area (Å²) in [6.45, 7) is 6.75. The van der Waals surface area contributed by atoms with E-state index in [2.05, 4.69) is 23.8 Å². The van der Waals surface area contributed by atoms with E-state index < -0.39 is 0 Å². The van der Waals surface area contributed by atoms with E-state index in [0.29, 0.717) is 6.04 Å². The maximum Gasteiger partial charge on any atom is 0.0570 e. The van der Waals surface area contributed by atoms with Crippen LogP contribution in [-0.4, -0.2) is 11.5 Å². The van der Waals surface area contributed by atoms with Gasteiger partial charge in [0.05, 0.1) is 5.69 Å². The molecule has 0 aliphatic rings. The molecule has 1 rings (SSSR count). The van der Waals surface area contributed by atoms with Crippen LogP contribution in [0.5, 0.6) is 0 Å². The van der Waals surface area contributed by atoms with Crippen LogP contribution in [0.2, 0.25) is 0 Å². The van der Waals surface area contributed by atoms with Gasteiger partial charge >= 0.3 is 0 Å². The summed E-state index contributed by atoms with van der Waals surface area (Å²) in [5, 5.41) is 3.37. The Labute approximate surface area is 79.7 Å². The molecule has 1 atom stereocenters. The summed E-state index contributed by atoms with van der Waals surface area (Å²) in [7, 11) is 0. The fourth-order valence-corrected chi connectivity index (χ4v) is 1.14. The lowest BCUT2D eigenvalue weighted by molar-refractivity contribution is 0.568. The van der Waals surface area contributed by atoms with Gasteiger partial charge in [0.25, 0.3) is 0 Å². The molecule has 0 saturated heterocycles. The molecular formula is C11H16N2. The van der Waals surface area contributed by atoms with E-state index in [1.807, 2.05) is 30.5 Å². The Balaban J connectivity index is 2.39. The highest BCUT2D eigenvalue weighted by Crippen LogP contribution is 2.06. The third-order valence-electron chi connectivity index (χ3n) is 1.93. The minimum Gasteiger partial charge on any atom is -0.309 e. The summed E-state index contributed by atoms with van der Waals surface area (Å²) in [5.41, 5.74) is 1.09. The van der Waals surface area contributed by atoms with Gasteiger partial charge < -0.3 is 5.32 Å². The van der Waals surface area contributed by atoms with Crippen molar-refractivity contribution in [3.63, 3.8) is 0 Å². The number of nitrogens with zero attached hydrogens (tertiary/aromatic N) is 1. The molecule has 2 nitrogen and oxygen atoms in total. The molecule has 0 aromatic carbocycles. The molecule has 1 N–H and O–H groups in total. The average molecular weight is 176 g/mol. The Bertz CT molecular complexity index is 244. The molecule has 0 fully saturated rings. The van der Waals surface area contributed by atoms with Crippen molar-refractivity contribution < 1.29 is 0 Å². The Morgan fingerprint density at radius 2 is 2.46 bits per heavy atom. The predicted molar refractivity (Wildman–Crippen MR) is 55.5 cm³/mol. The van der Waals surface area contributed by atoms with E-state index in [0.717, 1.165) is 18.7 Å². The van der Waals surface area contributed by atoms with Crippen LogP contribution < -0.4 is 5.32 Å². The summed E-state index contributed by atoms with van der Waals surface area (Å²) in [6.07, 6.45) is 4.73. The molecule has 70 valence electrons. The van der Waals surface area contributed by atoms with Gasteiger partial charge in [-0.25, -0.2) is 0 Å². The normalized spacial score (nSPS) is 12.4. The summed E-state index contributed by atoms with van der Waals surface area (Å²) in [5.74, 6) is 0. The van der Waals surface area contributed by atoms with Crippen molar-refractivity contribution >= 4 is 0 Å². The SMILES string of the molecule is C=CCCN[C@@H](C)c1ccccn1. The van der Waals surface area contributed by atoms with Crippen molar-refractivity contribution in [3.8, 4) is 0 Å². The molecule has 13 heavy (non-hydrogen) atoms. The Morgan fingerprint density at radius 3 is 3.08 bits per heavy atom. The molecule has 0 aliphatic heterocycles. The molecule has 0 radical (unpaired) electrons. The summed E-state index contributed by atoms with van der Waals surface area (Å²) < 4.78 is 0. The zero-order valence-corrected chi connectivity index (χ0v) is 8.03. The lowest BCUT2D eigenvalue weighted by Gasteiger charge is -2.11. The van der Waals surface area contributed by atoms with Crippen molar-refractivity contribution in [2.75, 3.05) is 6.54 Å². The van der Waals surface area contributed by atoms with Crippen LogP contribution in [0.15, 0.2) is 37.1 Å². The van der Waals surface area contributed by atoms with Gasteiger partial charge in [-0.1, -0.05) is 12.1 Å². The maximum absolute atomic E-state index is 4.27. The summed E-state index contributed by atoms with van der Waals surface area (Å²) in [6, 6.07) is 6.29. The second kappa shape index (κ2) is 5.49. The third kappa shape index (κ3) is 3.38. The highest BCUT2D eigenvalue weighted by Gasteiger charge is 2.02. The largest absolute Gasteiger partial charge is 0.309 e. The number of pyridine rings is 1. The Morgan fingerprint density at radius 1 is 1.62 bits per heavy atom. The highest BCUT2D eigenvalue weighted by molar-refractivity contribution is 5.07. The number of hydrogen-bond acceptors (Lipinski definition) is 2. The minimum absolute atomic E-state index is 0.321. The van der Waals surface area contributed by atoms with Crippen LogP contribution in [-0.2, 0) is 0 Å². The van der Waals surface area contributed by atoms with Crippen molar-refractivity contribution in [2.24, 2.45) is 0 Å². The van der Waals surface area contributed by atoms with Crippen molar-refractivity contribution in [1.29, 1.82) is 0 Å². The van der Waals surface area contributed by atoms with Gasteiger partial charge in [0.15, 0.2) is 0 Å². The summed E-state index contributed by atoms with van der Waals surface area (Å²) >= 11 is 0. The number of hydrogen-bond donors (Lipinski definition) is 1. The fraction of sp³-hybridized carbons (Fsp3) is 0.364. The molecule has 1 aromatic heterocycles. The first-order valence-electron chi connectivity index (χ1n) is 4.60. The second-order valence-corrected chi connectivity index (χ2v) is 3.01. The average Bonchev–Trinajstić information content (AvgIpc) is 2.19. The highest BCUT2D eigenvalue weighted by atomic mass is 14.9. The molecule has 0 bridgehead atoms. The topological polar surface area (TPSA) is 24.9 Å². The zero-order chi connectivity index (χ0) is 9.52. The van der Waals surface area contributed by atoms with E-state index in [9.17, 15) is 0 Å². The van der Waals surface area contributed by atoms with Gasteiger partial charge in [0, 0.05) is 12.2 Å². The van der Waals surface area contributed by atoms with Gasteiger partial charge in [-0.15, -0.1) is 6.58 Å². The van der Waals surface area contributed by atoms with Crippen LogP contribution in [0.3, 0.4) is 0 Å². The smallest absolute Gasteiger partial charge is 0.0570 e. The van der Waals surface area contributed by atoms with Crippen LogP contribution in [0.4, 0.5) is 0 Å². The Hall–Kier alpha value is -1.15. The maximum atomic E-state index is 4.27. The summed E-state index contributed by atoms with van der Waals surface area (Å²) in [4.78, 5) is 4.27. The minimum atomic E-state index is 0.321. The number of nitrogens with one attached hydrogen (secondary N) is 1. The predicted octanol–water partition coefficient (Wildman–Crippen LogP) is 2.31. The first kappa shape index (κ1) is 9.93. The van der Waals surface area contributed by atoms with E-state index in [1.165, 1.54) is 0 Å². The first-order valence-corrected chi connectivity index (χ1v) is 4.60. The molecule has 2 heteroatoms. The molecule has 1 heterocycles. The molecule has 0 aliphatic carbocycles. The van der Waals surface area contributed by atoms with Gasteiger partial charge in [-0.2, -0.15) is 0 Å². The standard InChI is InChI=1S/C11H16N2/c1-3-4-8-12-10(2)11-7-5-6-9-13-11/h3,5-7,9-10,12H,1,4,8H2,2H3/t10-/m0/s1. The van der Waals surface area contributed by atoms with Gasteiger partial charge in [-0.3, -0.25) is 4.98 Å². The lowest BCUT2D eigenvalue weighted by Crippen LogP contribution is -2.20. The molecule has 0 amide bonds. The third-order valence-corrected chi connectivity index (χ3v) is 1.93. The van der Waals surface area contributed by atoms with Crippen LogP contribution in [0.1, 0.15) is 25.1 Å². The number of aromatic nitrogens is 1. The molecule has 0 saturated carbocycles. The van der Waals surface area contributed by atoms with E-state index in [1.54, 1.807) is 0 Å². The van der Waals surface area contributed by atoms with Crippen molar-refractivity contribution in [3.05, 3.63) is 42.7 Å². The van der Waals surface area contributed by atoms with Crippen LogP contribution in [0.25, 0.3) is 0 Å².